The van der Waals surface area contributed by atoms with Gasteiger partial charge in [-0.25, -0.2) is 8.42 Å². The average molecular weight is 428 g/mol. The third-order valence-corrected chi connectivity index (χ3v) is 6.96. The van der Waals surface area contributed by atoms with Crippen molar-refractivity contribution in [3.8, 4) is 11.8 Å². The number of rotatable bonds is 6. The van der Waals surface area contributed by atoms with E-state index in [0.29, 0.717) is 43.0 Å². The minimum atomic E-state index is -3.71. The van der Waals surface area contributed by atoms with Gasteiger partial charge in [-0.3, -0.25) is 4.79 Å². The van der Waals surface area contributed by atoms with Gasteiger partial charge in [0.25, 0.3) is 0 Å². The zero-order valence-corrected chi connectivity index (χ0v) is 17.9. The van der Waals surface area contributed by atoms with Gasteiger partial charge in [-0.15, -0.1) is 0 Å². The van der Waals surface area contributed by atoms with E-state index in [1.165, 1.54) is 4.31 Å². The van der Waals surface area contributed by atoms with E-state index in [-0.39, 0.29) is 17.3 Å². The lowest BCUT2D eigenvalue weighted by Gasteiger charge is -2.31. The lowest BCUT2D eigenvalue weighted by Crippen LogP contribution is -2.43. The smallest absolute Gasteiger partial charge is 0.243 e. The second-order valence-corrected chi connectivity index (χ2v) is 9.18. The molecule has 0 saturated carbocycles. The molecule has 30 heavy (non-hydrogen) atoms. The highest BCUT2D eigenvalue weighted by Gasteiger charge is 2.33. The predicted molar refractivity (Wildman–Crippen MR) is 114 cm³/mol. The molecular formula is C22H25N3O4S. The van der Waals surface area contributed by atoms with E-state index in [0.717, 1.165) is 5.56 Å². The Balaban J connectivity index is 1.73. The minimum Gasteiger partial charge on any atom is -0.494 e. The first-order valence-electron chi connectivity index (χ1n) is 9.89. The van der Waals surface area contributed by atoms with E-state index < -0.39 is 15.9 Å². The van der Waals surface area contributed by atoms with E-state index in [2.05, 4.69) is 5.32 Å². The molecule has 1 aliphatic rings. The largest absolute Gasteiger partial charge is 0.494 e. The van der Waals surface area contributed by atoms with Crippen molar-refractivity contribution in [1.29, 1.82) is 5.26 Å². The molecule has 0 aliphatic carbocycles. The third-order valence-electron chi connectivity index (χ3n) is 5.10. The summed E-state index contributed by atoms with van der Waals surface area (Å²) in [5.41, 5.74) is 1.73. The molecule has 1 saturated heterocycles. The first-order valence-corrected chi connectivity index (χ1v) is 11.3. The van der Waals surface area contributed by atoms with Crippen LogP contribution in [-0.4, -0.2) is 38.3 Å². The molecule has 0 radical (unpaired) electrons. The van der Waals surface area contributed by atoms with Gasteiger partial charge in [0.15, 0.2) is 0 Å². The van der Waals surface area contributed by atoms with Crippen LogP contribution in [0.4, 0.5) is 5.69 Å². The number of hydrogen-bond acceptors (Lipinski definition) is 5. The lowest BCUT2D eigenvalue weighted by molar-refractivity contribution is -0.120. The summed E-state index contributed by atoms with van der Waals surface area (Å²) in [6.07, 6.45) is 1.21. The second kappa shape index (κ2) is 9.28. The first kappa shape index (κ1) is 21.8. The molecule has 1 heterocycles. The number of hydrogen-bond donors (Lipinski definition) is 1. The summed E-state index contributed by atoms with van der Waals surface area (Å²) in [6, 6.07) is 13.5. The summed E-state index contributed by atoms with van der Waals surface area (Å²) in [5.74, 6) is -0.0390. The zero-order valence-electron chi connectivity index (χ0n) is 17.1. The Morgan fingerprint density at radius 2 is 2.10 bits per heavy atom. The van der Waals surface area contributed by atoms with Crippen molar-refractivity contribution >= 4 is 21.6 Å². The van der Waals surface area contributed by atoms with Crippen LogP contribution in [0.3, 0.4) is 0 Å². The lowest BCUT2D eigenvalue weighted by atomic mass is 9.98. The Morgan fingerprint density at radius 1 is 1.30 bits per heavy atom. The van der Waals surface area contributed by atoms with Crippen molar-refractivity contribution in [1.82, 2.24) is 4.31 Å². The molecule has 1 atom stereocenters. The summed E-state index contributed by atoms with van der Waals surface area (Å²) < 4.78 is 33.1. The van der Waals surface area contributed by atoms with Gasteiger partial charge in [0.2, 0.25) is 15.9 Å². The van der Waals surface area contributed by atoms with Gasteiger partial charge in [-0.05, 0) is 68.7 Å². The Labute approximate surface area is 177 Å². The van der Waals surface area contributed by atoms with Crippen LogP contribution in [0, 0.1) is 24.2 Å². The number of amides is 1. The fourth-order valence-corrected chi connectivity index (χ4v) is 5.14. The normalized spacial score (nSPS) is 17.2. The fraction of sp³-hybridized carbons (Fsp3) is 0.364. The monoisotopic (exact) mass is 427 g/mol. The molecule has 2 aromatic rings. The van der Waals surface area contributed by atoms with E-state index in [4.69, 9.17) is 10.00 Å². The maximum atomic E-state index is 13.1. The number of sulfonamides is 1. The number of piperidine rings is 1. The second-order valence-electron chi connectivity index (χ2n) is 7.24. The number of anilines is 1. The van der Waals surface area contributed by atoms with E-state index >= 15 is 0 Å². The van der Waals surface area contributed by atoms with Gasteiger partial charge >= 0.3 is 0 Å². The third kappa shape index (κ3) is 4.81. The summed E-state index contributed by atoms with van der Waals surface area (Å²) in [4.78, 5) is 12.9. The van der Waals surface area contributed by atoms with Crippen molar-refractivity contribution < 1.29 is 17.9 Å². The molecule has 1 aliphatic heterocycles. The number of carbonyl (C=O) groups is 1. The molecule has 8 heteroatoms. The zero-order chi connectivity index (χ0) is 21.7. The molecule has 1 N–H and O–H groups in total. The maximum Gasteiger partial charge on any atom is 0.243 e. The molecule has 1 amide bonds. The number of ether oxygens (including phenoxy) is 1. The van der Waals surface area contributed by atoms with Crippen LogP contribution in [0.25, 0.3) is 0 Å². The standard InChI is InChI=1S/C22H25N3O4S/c1-3-29-21-10-9-20(12-16(21)2)30(27,28)25-11-5-7-18(15-25)22(26)24-19-8-4-6-17(13-19)14-23/h4,6,8-10,12-13,18H,3,5,7,11,15H2,1-2H3,(H,24,26)/t18-/m0/s1. The molecule has 1 fully saturated rings. The van der Waals surface area contributed by atoms with Gasteiger partial charge in [-0.2, -0.15) is 9.57 Å². The van der Waals surface area contributed by atoms with Crippen molar-refractivity contribution in [3.05, 3.63) is 53.6 Å². The van der Waals surface area contributed by atoms with Crippen LogP contribution in [-0.2, 0) is 14.8 Å². The van der Waals surface area contributed by atoms with Gasteiger partial charge in [0.05, 0.1) is 29.1 Å². The van der Waals surface area contributed by atoms with Crippen molar-refractivity contribution in [2.75, 3.05) is 25.0 Å². The highest BCUT2D eigenvalue weighted by atomic mass is 32.2. The van der Waals surface area contributed by atoms with Gasteiger partial charge in [0.1, 0.15) is 5.75 Å². The summed E-state index contributed by atoms with van der Waals surface area (Å²) >= 11 is 0. The number of benzene rings is 2. The topological polar surface area (TPSA) is 99.5 Å². The number of nitriles is 1. The molecule has 3 rings (SSSR count). The summed E-state index contributed by atoms with van der Waals surface area (Å²) in [7, 11) is -3.71. The van der Waals surface area contributed by atoms with Crippen molar-refractivity contribution in [2.45, 2.75) is 31.6 Å². The average Bonchev–Trinajstić information content (AvgIpc) is 2.75. The van der Waals surface area contributed by atoms with E-state index in [9.17, 15) is 13.2 Å². The van der Waals surface area contributed by atoms with Gasteiger partial charge < -0.3 is 10.1 Å². The summed E-state index contributed by atoms with van der Waals surface area (Å²) in [6.45, 7) is 4.69. The maximum absolute atomic E-state index is 13.1. The van der Waals surface area contributed by atoms with Crippen LogP contribution in [0.5, 0.6) is 5.75 Å². The molecule has 0 unspecified atom stereocenters. The van der Waals surface area contributed by atoms with Crippen LogP contribution in [0.15, 0.2) is 47.4 Å². The molecule has 7 nitrogen and oxygen atoms in total. The van der Waals surface area contributed by atoms with Crippen LogP contribution in [0.1, 0.15) is 30.9 Å². The van der Waals surface area contributed by atoms with Gasteiger partial charge in [0, 0.05) is 18.8 Å². The Hall–Kier alpha value is -2.89. The number of carbonyl (C=O) groups excluding carboxylic acids is 1. The minimum absolute atomic E-state index is 0.123. The molecule has 2 aromatic carbocycles. The number of aryl methyl sites for hydroxylation is 1. The number of nitrogens with one attached hydrogen (secondary N) is 1. The molecule has 158 valence electrons. The first-order chi connectivity index (χ1) is 14.3. The fourth-order valence-electron chi connectivity index (χ4n) is 3.53. The molecule has 0 spiro atoms. The number of nitrogens with zero attached hydrogens (tertiary/aromatic N) is 2. The van der Waals surface area contributed by atoms with Crippen LogP contribution < -0.4 is 10.1 Å². The molecule has 0 aromatic heterocycles. The van der Waals surface area contributed by atoms with E-state index in [1.807, 2.05) is 19.9 Å². The van der Waals surface area contributed by atoms with Crippen LogP contribution >= 0.6 is 0 Å². The highest BCUT2D eigenvalue weighted by molar-refractivity contribution is 7.89. The molecular weight excluding hydrogens is 402 g/mol. The summed E-state index contributed by atoms with van der Waals surface area (Å²) in [5, 5.41) is 11.8. The van der Waals surface area contributed by atoms with E-state index in [1.54, 1.807) is 42.5 Å². The predicted octanol–water partition coefficient (Wildman–Crippen LogP) is 3.30. The van der Waals surface area contributed by atoms with Crippen LogP contribution in [0.2, 0.25) is 0 Å². The Bertz CT molecular complexity index is 1080. The Kier molecular flexibility index (Phi) is 6.75. The van der Waals surface area contributed by atoms with Crippen molar-refractivity contribution in [2.24, 2.45) is 5.92 Å². The van der Waals surface area contributed by atoms with Gasteiger partial charge in [-0.1, -0.05) is 6.07 Å². The quantitative estimate of drug-likeness (QED) is 0.762. The van der Waals surface area contributed by atoms with Crippen molar-refractivity contribution in [3.63, 3.8) is 0 Å². The highest BCUT2D eigenvalue weighted by Crippen LogP contribution is 2.28. The molecule has 0 bridgehead atoms. The Morgan fingerprint density at radius 3 is 2.80 bits per heavy atom. The SMILES string of the molecule is CCOc1ccc(S(=O)(=O)N2CCC[C@H](C(=O)Nc3cccc(C#N)c3)C2)cc1C.